The maximum absolute atomic E-state index is 12.5. The molecule has 2 N–H and O–H groups in total. The zero-order valence-electron chi connectivity index (χ0n) is 21.1. The van der Waals surface area contributed by atoms with E-state index in [9.17, 15) is 9.90 Å². The number of rotatable bonds is 12. The summed E-state index contributed by atoms with van der Waals surface area (Å²) in [4.78, 5) is 16.9. The highest BCUT2D eigenvalue weighted by atomic mass is 16.5. The zero-order valence-corrected chi connectivity index (χ0v) is 21.1. The molecule has 6 heteroatoms. The number of aryl methyl sites for hydroxylation is 3. The number of amides is 1. The van der Waals surface area contributed by atoms with Crippen LogP contribution in [0.25, 0.3) is 0 Å². The number of unbranched alkanes of at least 4 members (excludes halogenated alkanes) is 1. The van der Waals surface area contributed by atoms with Gasteiger partial charge in [-0.25, -0.2) is 0 Å². The van der Waals surface area contributed by atoms with Crippen LogP contribution < -0.4 is 5.32 Å². The summed E-state index contributed by atoms with van der Waals surface area (Å²) in [6, 6.07) is 14.6. The molecule has 0 aliphatic carbocycles. The van der Waals surface area contributed by atoms with Crippen LogP contribution in [-0.2, 0) is 22.6 Å². The molecule has 0 spiro atoms. The van der Waals surface area contributed by atoms with Gasteiger partial charge in [0.15, 0.2) is 0 Å². The minimum absolute atomic E-state index is 0. The van der Waals surface area contributed by atoms with Crippen molar-refractivity contribution in [2.45, 2.75) is 52.7 Å². The average molecular weight is 470 g/mol. The third-order valence-corrected chi connectivity index (χ3v) is 6.47. The lowest BCUT2D eigenvalue weighted by Gasteiger charge is -2.35. The van der Waals surface area contributed by atoms with Crippen molar-refractivity contribution < 1.29 is 16.1 Å². The van der Waals surface area contributed by atoms with Crippen molar-refractivity contribution in [1.29, 1.82) is 0 Å². The van der Waals surface area contributed by atoms with Gasteiger partial charge in [-0.05, 0) is 48.9 Å². The highest BCUT2D eigenvalue weighted by molar-refractivity contribution is 5.93. The number of aliphatic hydroxyl groups is 1. The molecule has 1 aliphatic heterocycles. The molecule has 3 rings (SSSR count). The van der Waals surface area contributed by atoms with Crippen LogP contribution in [0.15, 0.2) is 42.5 Å². The van der Waals surface area contributed by atoms with Gasteiger partial charge in [0.1, 0.15) is 0 Å². The molecule has 1 saturated heterocycles. The predicted octanol–water partition coefficient (Wildman–Crippen LogP) is 4.03. The van der Waals surface area contributed by atoms with Crippen LogP contribution in [0, 0.1) is 13.8 Å². The molecular weight excluding hydrogens is 426 g/mol. The van der Waals surface area contributed by atoms with Crippen molar-refractivity contribution in [2.24, 2.45) is 0 Å². The number of nitrogens with zero attached hydrogens (tertiary/aromatic N) is 2. The quantitative estimate of drug-likeness (QED) is 0.491. The molecule has 1 aliphatic rings. The molecule has 188 valence electrons. The first-order valence-electron chi connectivity index (χ1n) is 12.6. The lowest BCUT2D eigenvalue weighted by atomic mass is 10.1. The van der Waals surface area contributed by atoms with Gasteiger partial charge >= 0.3 is 0 Å². The largest absolute Gasteiger partial charge is 0.389 e. The molecule has 0 bridgehead atoms. The lowest BCUT2D eigenvalue weighted by molar-refractivity contribution is -0.117. The highest BCUT2D eigenvalue weighted by Crippen LogP contribution is 2.19. The number of piperazine rings is 1. The second-order valence-electron chi connectivity index (χ2n) is 9.48. The molecule has 1 amide bonds. The number of para-hydroxylation sites is 1. The minimum Gasteiger partial charge on any atom is -0.389 e. The number of hydrogen-bond donors (Lipinski definition) is 2. The van der Waals surface area contributed by atoms with E-state index in [-0.39, 0.29) is 7.33 Å². The molecule has 34 heavy (non-hydrogen) atoms. The second kappa shape index (κ2) is 13.6. The summed E-state index contributed by atoms with van der Waals surface area (Å²) in [6.45, 7) is 11.4. The Morgan fingerprint density at radius 3 is 2.29 bits per heavy atom. The summed E-state index contributed by atoms with van der Waals surface area (Å²) in [5.74, 6) is 0.0256. The number of hydrogen-bond acceptors (Lipinski definition) is 5. The van der Waals surface area contributed by atoms with E-state index in [2.05, 4.69) is 46.3 Å². The van der Waals surface area contributed by atoms with Gasteiger partial charge in [0.05, 0.1) is 25.9 Å². The van der Waals surface area contributed by atoms with Gasteiger partial charge in [-0.2, -0.15) is 0 Å². The van der Waals surface area contributed by atoms with Gasteiger partial charge in [0.25, 0.3) is 0 Å². The Kier molecular flexibility index (Phi) is 10.5. The van der Waals surface area contributed by atoms with Gasteiger partial charge in [0, 0.05) is 39.8 Å². The molecule has 0 aromatic heterocycles. The number of anilines is 1. The van der Waals surface area contributed by atoms with Crippen molar-refractivity contribution in [3.63, 3.8) is 0 Å². The van der Waals surface area contributed by atoms with Gasteiger partial charge < -0.3 is 15.2 Å². The fourth-order valence-corrected chi connectivity index (χ4v) is 4.37. The minimum atomic E-state index is -0.511. The van der Waals surface area contributed by atoms with E-state index < -0.39 is 6.10 Å². The Labute approximate surface area is 206 Å². The van der Waals surface area contributed by atoms with Crippen LogP contribution >= 0.6 is 0 Å². The number of nitrogens with one attached hydrogen (secondary N) is 1. The standard InChI is InChI=1S/C28H41N3O3.H2/c1-4-5-9-24-10-12-25(13-11-24)20-34-21-26(32)18-30-14-16-31(17-15-30)19-27(33)29-28-22(2)7-6-8-23(28)3;/h6-8,10-13,26,32H,4-5,9,14-21H2,1-3H3,(H,29,33);1H. The molecule has 1 atom stereocenters. The monoisotopic (exact) mass is 469 g/mol. The number of ether oxygens (including phenoxy) is 1. The predicted molar refractivity (Wildman–Crippen MR) is 140 cm³/mol. The Morgan fingerprint density at radius 2 is 1.65 bits per heavy atom. The summed E-state index contributed by atoms with van der Waals surface area (Å²) in [6.07, 6.45) is 3.04. The topological polar surface area (TPSA) is 65.0 Å². The van der Waals surface area contributed by atoms with Crippen molar-refractivity contribution in [1.82, 2.24) is 9.80 Å². The summed E-state index contributed by atoms with van der Waals surface area (Å²) in [5.41, 5.74) is 5.59. The van der Waals surface area contributed by atoms with E-state index in [0.717, 1.165) is 55.0 Å². The third-order valence-electron chi connectivity index (χ3n) is 6.47. The summed E-state index contributed by atoms with van der Waals surface area (Å²) in [5, 5.41) is 13.5. The molecule has 1 unspecified atom stereocenters. The van der Waals surface area contributed by atoms with Crippen LogP contribution in [-0.4, -0.2) is 72.8 Å². The Balaban J connectivity index is 0.00000432. The number of aliphatic hydroxyl groups excluding tert-OH is 1. The Hall–Kier alpha value is -2.25. The fraction of sp³-hybridized carbons (Fsp3) is 0.536. The number of carbonyl (C=O) groups is 1. The first kappa shape index (κ1) is 26.4. The molecule has 0 saturated carbocycles. The third kappa shape index (κ3) is 8.51. The molecular formula is C28H43N3O3. The van der Waals surface area contributed by atoms with Crippen molar-refractivity contribution in [3.05, 3.63) is 64.7 Å². The van der Waals surface area contributed by atoms with Gasteiger partial charge in [-0.3, -0.25) is 14.6 Å². The van der Waals surface area contributed by atoms with E-state index >= 15 is 0 Å². The number of carbonyl (C=O) groups excluding carboxylic acids is 1. The molecule has 0 radical (unpaired) electrons. The number of β-amino-alcohol motifs (C(OH)–C–C–N with tert-alkyl or cyclic N) is 1. The van der Waals surface area contributed by atoms with Crippen molar-refractivity contribution in [3.8, 4) is 0 Å². The fourth-order valence-electron chi connectivity index (χ4n) is 4.37. The van der Waals surface area contributed by atoms with E-state index in [4.69, 9.17) is 4.74 Å². The molecule has 6 nitrogen and oxygen atoms in total. The molecule has 2 aromatic rings. The normalized spacial score (nSPS) is 15.9. The second-order valence-corrected chi connectivity index (χ2v) is 9.48. The van der Waals surface area contributed by atoms with E-state index in [0.29, 0.717) is 26.3 Å². The van der Waals surface area contributed by atoms with Gasteiger partial charge in [0.2, 0.25) is 5.91 Å². The molecule has 1 fully saturated rings. The first-order valence-corrected chi connectivity index (χ1v) is 12.6. The van der Waals surface area contributed by atoms with E-state index in [1.807, 2.05) is 32.0 Å². The van der Waals surface area contributed by atoms with Crippen LogP contribution in [0.4, 0.5) is 5.69 Å². The number of benzene rings is 2. The smallest absolute Gasteiger partial charge is 0.238 e. The van der Waals surface area contributed by atoms with Crippen LogP contribution in [0.1, 0.15) is 43.4 Å². The van der Waals surface area contributed by atoms with Gasteiger partial charge in [-0.1, -0.05) is 55.8 Å². The summed E-state index contributed by atoms with van der Waals surface area (Å²) in [7, 11) is 0. The Bertz CT molecular complexity index is 879. The molecule has 1 heterocycles. The maximum Gasteiger partial charge on any atom is 0.238 e. The van der Waals surface area contributed by atoms with Crippen molar-refractivity contribution in [2.75, 3.05) is 51.2 Å². The average Bonchev–Trinajstić information content (AvgIpc) is 2.82. The van der Waals surface area contributed by atoms with Crippen LogP contribution in [0.3, 0.4) is 0 Å². The first-order chi connectivity index (χ1) is 16.4. The summed E-state index contributed by atoms with van der Waals surface area (Å²) < 4.78 is 5.75. The van der Waals surface area contributed by atoms with Crippen LogP contribution in [0.5, 0.6) is 0 Å². The van der Waals surface area contributed by atoms with E-state index in [1.54, 1.807) is 0 Å². The van der Waals surface area contributed by atoms with E-state index in [1.165, 1.54) is 18.4 Å². The SMILES string of the molecule is CCCCc1ccc(COCC(O)CN2CCN(CC(=O)Nc3c(C)cccc3C)CC2)cc1.[HH]. The highest BCUT2D eigenvalue weighted by Gasteiger charge is 2.21. The van der Waals surface area contributed by atoms with Gasteiger partial charge in [-0.15, -0.1) is 0 Å². The zero-order chi connectivity index (χ0) is 24.3. The maximum atomic E-state index is 12.5. The molecule has 2 aromatic carbocycles. The summed E-state index contributed by atoms with van der Waals surface area (Å²) >= 11 is 0. The lowest BCUT2D eigenvalue weighted by Crippen LogP contribution is -2.50. The van der Waals surface area contributed by atoms with Crippen LogP contribution in [0.2, 0.25) is 0 Å². The van der Waals surface area contributed by atoms with Crippen molar-refractivity contribution >= 4 is 11.6 Å². The Morgan fingerprint density at radius 1 is 1.03 bits per heavy atom.